The third kappa shape index (κ3) is 4.00. The van der Waals surface area contributed by atoms with E-state index in [-0.39, 0.29) is 17.9 Å². The predicted octanol–water partition coefficient (Wildman–Crippen LogP) is 4.81. The molecule has 4 aromatic rings. The van der Waals surface area contributed by atoms with E-state index in [2.05, 4.69) is 4.98 Å². The number of aromatic nitrogens is 3. The van der Waals surface area contributed by atoms with Crippen molar-refractivity contribution in [3.8, 4) is 28.3 Å². The lowest BCUT2D eigenvalue weighted by Crippen LogP contribution is -2.36. The van der Waals surface area contributed by atoms with Gasteiger partial charge in [-0.2, -0.15) is 0 Å². The number of pyridine rings is 1. The summed E-state index contributed by atoms with van der Waals surface area (Å²) in [4.78, 5) is 27.8. The molecule has 166 valence electrons. The summed E-state index contributed by atoms with van der Waals surface area (Å²) < 4.78 is 34.1. The molecule has 5 rings (SSSR count). The molecule has 6 nitrogen and oxygen atoms in total. The van der Waals surface area contributed by atoms with E-state index in [1.54, 1.807) is 30.6 Å². The minimum Gasteiger partial charge on any atom is -0.494 e. The molecule has 0 spiro atoms. The SMILES string of the molecule is COc1cc(-c2cc(F)ccc2F)cc2c(N3CCCC(=O)C3)nc(-c3cccnc3)nc12. The number of anilines is 1. The Bertz CT molecular complexity index is 1360. The van der Waals surface area contributed by atoms with Crippen LogP contribution in [0.25, 0.3) is 33.4 Å². The van der Waals surface area contributed by atoms with Gasteiger partial charge in [-0.05, 0) is 54.4 Å². The zero-order valence-corrected chi connectivity index (χ0v) is 17.9. The van der Waals surface area contributed by atoms with Crippen molar-refractivity contribution in [2.75, 3.05) is 25.1 Å². The molecule has 0 bridgehead atoms. The number of ether oxygens (including phenoxy) is 1. The van der Waals surface area contributed by atoms with E-state index in [4.69, 9.17) is 14.7 Å². The summed E-state index contributed by atoms with van der Waals surface area (Å²) in [6.07, 6.45) is 4.56. The van der Waals surface area contributed by atoms with Gasteiger partial charge in [0.1, 0.15) is 28.7 Å². The molecule has 8 heteroatoms. The molecular formula is C25H20F2N4O2. The number of methoxy groups -OCH3 is 1. The molecule has 1 fully saturated rings. The highest BCUT2D eigenvalue weighted by Gasteiger charge is 2.24. The highest BCUT2D eigenvalue weighted by molar-refractivity contribution is 5.99. The van der Waals surface area contributed by atoms with E-state index >= 15 is 0 Å². The summed E-state index contributed by atoms with van der Waals surface area (Å²) in [5.74, 6) is 0.393. The Labute approximate surface area is 188 Å². The Morgan fingerprint density at radius 2 is 1.94 bits per heavy atom. The fourth-order valence-corrected chi connectivity index (χ4v) is 4.10. The van der Waals surface area contributed by atoms with Crippen LogP contribution in [0.1, 0.15) is 12.8 Å². The van der Waals surface area contributed by atoms with Crippen LogP contribution in [0, 0.1) is 11.6 Å². The molecule has 0 amide bonds. The van der Waals surface area contributed by atoms with Crippen LogP contribution >= 0.6 is 0 Å². The number of nitrogens with zero attached hydrogens (tertiary/aromatic N) is 4. The Morgan fingerprint density at radius 1 is 1.06 bits per heavy atom. The number of piperidine rings is 1. The topological polar surface area (TPSA) is 68.2 Å². The van der Waals surface area contributed by atoms with Crippen molar-refractivity contribution < 1.29 is 18.3 Å². The lowest BCUT2D eigenvalue weighted by molar-refractivity contribution is -0.118. The lowest BCUT2D eigenvalue weighted by atomic mass is 10.0. The van der Waals surface area contributed by atoms with Gasteiger partial charge in [0.05, 0.1) is 13.7 Å². The molecule has 33 heavy (non-hydrogen) atoms. The number of fused-ring (bicyclic) bond motifs is 1. The molecule has 1 saturated heterocycles. The van der Waals surface area contributed by atoms with Crippen LogP contribution in [-0.2, 0) is 4.79 Å². The van der Waals surface area contributed by atoms with E-state index in [1.165, 1.54) is 7.11 Å². The summed E-state index contributed by atoms with van der Waals surface area (Å²) in [5.41, 5.74) is 1.76. The Morgan fingerprint density at radius 3 is 2.70 bits per heavy atom. The fraction of sp³-hybridized carbons (Fsp3) is 0.200. The number of carbonyl (C=O) groups excluding carboxylic acids is 1. The van der Waals surface area contributed by atoms with Crippen LogP contribution in [0.2, 0.25) is 0 Å². The van der Waals surface area contributed by atoms with Gasteiger partial charge in [0.15, 0.2) is 11.6 Å². The van der Waals surface area contributed by atoms with Crippen molar-refractivity contribution in [3.05, 3.63) is 66.5 Å². The first-order valence-electron chi connectivity index (χ1n) is 10.6. The van der Waals surface area contributed by atoms with Crippen molar-refractivity contribution in [1.82, 2.24) is 15.0 Å². The first kappa shape index (κ1) is 20.9. The van der Waals surface area contributed by atoms with Gasteiger partial charge in [-0.3, -0.25) is 9.78 Å². The number of carbonyl (C=O) groups is 1. The second-order valence-corrected chi connectivity index (χ2v) is 7.88. The van der Waals surface area contributed by atoms with E-state index in [0.717, 1.165) is 18.2 Å². The Kier molecular flexibility index (Phi) is 5.42. The van der Waals surface area contributed by atoms with Gasteiger partial charge in [-0.1, -0.05) is 0 Å². The smallest absolute Gasteiger partial charge is 0.163 e. The lowest BCUT2D eigenvalue weighted by Gasteiger charge is -2.28. The third-order valence-corrected chi connectivity index (χ3v) is 5.67. The summed E-state index contributed by atoms with van der Waals surface area (Å²) in [6, 6.07) is 10.3. The molecular weight excluding hydrogens is 426 g/mol. The minimum atomic E-state index is -0.555. The number of ketones is 1. The number of hydrogen-bond donors (Lipinski definition) is 0. The summed E-state index contributed by atoms with van der Waals surface area (Å²) in [5, 5.41) is 0.593. The second kappa shape index (κ2) is 8.54. The van der Waals surface area contributed by atoms with Gasteiger partial charge in [0, 0.05) is 41.9 Å². The molecule has 3 heterocycles. The minimum absolute atomic E-state index is 0.104. The van der Waals surface area contributed by atoms with Gasteiger partial charge in [0.25, 0.3) is 0 Å². The van der Waals surface area contributed by atoms with Gasteiger partial charge in [-0.25, -0.2) is 18.7 Å². The maximum Gasteiger partial charge on any atom is 0.163 e. The van der Waals surface area contributed by atoms with E-state index in [0.29, 0.717) is 58.8 Å². The van der Waals surface area contributed by atoms with Crippen molar-refractivity contribution in [3.63, 3.8) is 0 Å². The van der Waals surface area contributed by atoms with Crippen LogP contribution in [0.5, 0.6) is 5.75 Å². The average molecular weight is 446 g/mol. The maximum atomic E-state index is 14.6. The zero-order chi connectivity index (χ0) is 22.9. The van der Waals surface area contributed by atoms with E-state index in [9.17, 15) is 13.6 Å². The third-order valence-electron chi connectivity index (χ3n) is 5.67. The monoisotopic (exact) mass is 446 g/mol. The summed E-state index contributed by atoms with van der Waals surface area (Å²) in [7, 11) is 1.50. The molecule has 1 aliphatic rings. The van der Waals surface area contributed by atoms with E-state index < -0.39 is 11.6 Å². The molecule has 0 saturated carbocycles. The predicted molar refractivity (Wildman–Crippen MR) is 121 cm³/mol. The first-order valence-corrected chi connectivity index (χ1v) is 10.6. The van der Waals surface area contributed by atoms with Gasteiger partial charge >= 0.3 is 0 Å². The second-order valence-electron chi connectivity index (χ2n) is 7.88. The van der Waals surface area contributed by atoms with Gasteiger partial charge in [0.2, 0.25) is 0 Å². The summed E-state index contributed by atoms with van der Waals surface area (Å²) in [6.45, 7) is 0.866. The van der Waals surface area contributed by atoms with Crippen LogP contribution < -0.4 is 9.64 Å². The quantitative estimate of drug-likeness (QED) is 0.448. The molecule has 2 aromatic heterocycles. The fourth-order valence-electron chi connectivity index (χ4n) is 4.10. The van der Waals surface area contributed by atoms with E-state index in [1.807, 2.05) is 11.0 Å². The van der Waals surface area contributed by atoms with Crippen molar-refractivity contribution in [1.29, 1.82) is 0 Å². The van der Waals surface area contributed by atoms with Crippen molar-refractivity contribution >= 4 is 22.5 Å². The standard InChI is InChI=1S/C25H20F2N4O2/c1-33-22-11-16(19-12-17(26)6-7-21(19)27)10-20-23(22)29-24(15-4-2-8-28-13-15)30-25(20)31-9-3-5-18(32)14-31/h2,4,6-8,10-13H,3,5,9,14H2,1H3. The van der Waals surface area contributed by atoms with Gasteiger partial charge < -0.3 is 9.64 Å². The average Bonchev–Trinajstić information content (AvgIpc) is 2.84. The normalized spacial score (nSPS) is 14.0. The molecule has 0 aliphatic carbocycles. The number of Topliss-reactive ketones (excluding diaryl/α,β-unsaturated/α-hetero) is 1. The Balaban J connectivity index is 1.79. The molecule has 0 unspecified atom stereocenters. The first-order chi connectivity index (χ1) is 16.0. The molecule has 0 radical (unpaired) electrons. The van der Waals surface area contributed by atoms with Crippen LogP contribution in [0.3, 0.4) is 0 Å². The highest BCUT2D eigenvalue weighted by atomic mass is 19.1. The van der Waals surface area contributed by atoms with Gasteiger partial charge in [-0.15, -0.1) is 0 Å². The molecule has 0 atom stereocenters. The zero-order valence-electron chi connectivity index (χ0n) is 17.9. The van der Waals surface area contributed by atoms with Crippen LogP contribution in [0.4, 0.5) is 14.6 Å². The number of benzene rings is 2. The van der Waals surface area contributed by atoms with Crippen molar-refractivity contribution in [2.24, 2.45) is 0 Å². The maximum absolute atomic E-state index is 14.6. The number of hydrogen-bond acceptors (Lipinski definition) is 6. The van der Waals surface area contributed by atoms with Crippen molar-refractivity contribution in [2.45, 2.75) is 12.8 Å². The molecule has 1 aliphatic heterocycles. The number of rotatable bonds is 4. The molecule has 0 N–H and O–H groups in total. The molecule has 2 aromatic carbocycles. The summed E-state index contributed by atoms with van der Waals surface area (Å²) >= 11 is 0. The number of halogens is 2. The highest BCUT2D eigenvalue weighted by Crippen LogP contribution is 2.38. The van der Waals surface area contributed by atoms with Crippen LogP contribution in [-0.4, -0.2) is 40.9 Å². The largest absolute Gasteiger partial charge is 0.494 e. The Hall–Kier alpha value is -3.94. The van der Waals surface area contributed by atoms with Crippen LogP contribution in [0.15, 0.2) is 54.9 Å².